The molecular weight excluding hydrogens is 392 g/mol. The lowest BCUT2D eigenvalue weighted by Gasteiger charge is -2.37. The number of benzene rings is 1. The lowest BCUT2D eigenvalue weighted by molar-refractivity contribution is -0.168. The van der Waals surface area contributed by atoms with Crippen LogP contribution in [0.4, 0.5) is 22.4 Å². The standard InChI is InChI=1S/C15H8F4N4OS2/c16-9-5-3-8(4-6-9)14(15(17,18)19)21-12(24)23-13(26-14)20-11(22-23)10-2-1-7-25-10/h1-7H,(H,21,24)/t14-/m0/s1. The van der Waals surface area contributed by atoms with E-state index in [4.69, 9.17) is 0 Å². The van der Waals surface area contributed by atoms with Gasteiger partial charge in [0.25, 0.3) is 0 Å². The summed E-state index contributed by atoms with van der Waals surface area (Å²) in [5.74, 6) is -0.518. The Morgan fingerprint density at radius 1 is 1.15 bits per heavy atom. The third-order valence-corrected chi connectivity index (χ3v) is 5.88. The van der Waals surface area contributed by atoms with Crippen molar-refractivity contribution in [3.05, 3.63) is 53.2 Å². The van der Waals surface area contributed by atoms with Crippen LogP contribution >= 0.6 is 23.1 Å². The number of hydrogen-bond donors (Lipinski definition) is 1. The van der Waals surface area contributed by atoms with E-state index in [1.54, 1.807) is 17.5 Å². The van der Waals surface area contributed by atoms with Gasteiger partial charge in [-0.1, -0.05) is 18.2 Å². The van der Waals surface area contributed by atoms with Crippen LogP contribution in [0.2, 0.25) is 0 Å². The van der Waals surface area contributed by atoms with E-state index in [1.807, 2.05) is 5.32 Å². The van der Waals surface area contributed by atoms with Gasteiger partial charge in [0.1, 0.15) is 5.82 Å². The summed E-state index contributed by atoms with van der Waals surface area (Å²) in [5.41, 5.74) is -0.309. The maximum absolute atomic E-state index is 13.9. The second kappa shape index (κ2) is 5.81. The molecule has 1 aliphatic heterocycles. The molecule has 1 aliphatic rings. The zero-order chi connectivity index (χ0) is 18.5. The fraction of sp³-hybridized carbons (Fsp3) is 0.133. The molecule has 1 amide bonds. The number of thioether (sulfide) groups is 1. The summed E-state index contributed by atoms with van der Waals surface area (Å²) in [6.07, 6.45) is -4.86. The Balaban J connectivity index is 1.84. The topological polar surface area (TPSA) is 59.8 Å². The first-order valence-electron chi connectivity index (χ1n) is 7.15. The number of nitrogens with one attached hydrogen (secondary N) is 1. The molecule has 134 valence electrons. The van der Waals surface area contributed by atoms with E-state index in [1.165, 1.54) is 11.3 Å². The highest BCUT2D eigenvalue weighted by Crippen LogP contribution is 2.52. The van der Waals surface area contributed by atoms with Gasteiger partial charge in [-0.05, 0) is 40.9 Å². The Labute approximate surface area is 152 Å². The Morgan fingerprint density at radius 3 is 2.50 bits per heavy atom. The molecule has 1 atom stereocenters. The van der Waals surface area contributed by atoms with E-state index < -0.39 is 22.9 Å². The monoisotopic (exact) mass is 400 g/mol. The maximum Gasteiger partial charge on any atom is 0.425 e. The average Bonchev–Trinajstić information content (AvgIpc) is 3.23. The van der Waals surface area contributed by atoms with E-state index in [-0.39, 0.29) is 16.5 Å². The van der Waals surface area contributed by atoms with Crippen LogP contribution in [-0.2, 0) is 4.87 Å². The first kappa shape index (κ1) is 17.0. The second-order valence-electron chi connectivity index (χ2n) is 5.33. The van der Waals surface area contributed by atoms with Gasteiger partial charge in [0, 0.05) is 0 Å². The van der Waals surface area contributed by atoms with E-state index in [2.05, 4.69) is 10.1 Å². The number of carbonyl (C=O) groups is 1. The van der Waals surface area contributed by atoms with Crippen LogP contribution in [-0.4, -0.2) is 27.0 Å². The van der Waals surface area contributed by atoms with Crippen molar-refractivity contribution in [1.82, 2.24) is 20.1 Å². The van der Waals surface area contributed by atoms with Crippen molar-refractivity contribution in [3.63, 3.8) is 0 Å². The minimum absolute atomic E-state index is 0.162. The molecule has 11 heteroatoms. The Bertz CT molecular complexity index is 969. The fourth-order valence-corrected chi connectivity index (χ4v) is 4.26. The van der Waals surface area contributed by atoms with Gasteiger partial charge in [0.2, 0.25) is 4.87 Å². The second-order valence-corrected chi connectivity index (χ2v) is 7.45. The molecule has 0 bridgehead atoms. The summed E-state index contributed by atoms with van der Waals surface area (Å²) in [5, 5.41) is 7.52. The van der Waals surface area contributed by atoms with Gasteiger partial charge in [0.05, 0.1) is 4.88 Å². The number of aromatic nitrogens is 3. The number of fused-ring (bicyclic) bond motifs is 1. The van der Waals surface area contributed by atoms with Crippen molar-refractivity contribution in [2.45, 2.75) is 16.2 Å². The van der Waals surface area contributed by atoms with Crippen molar-refractivity contribution in [2.24, 2.45) is 0 Å². The van der Waals surface area contributed by atoms with Crippen LogP contribution in [0, 0.1) is 5.82 Å². The van der Waals surface area contributed by atoms with Crippen LogP contribution in [0.25, 0.3) is 10.7 Å². The van der Waals surface area contributed by atoms with E-state index in [0.29, 0.717) is 16.6 Å². The molecule has 0 fully saturated rings. The molecule has 3 aromatic rings. The summed E-state index contributed by atoms with van der Waals surface area (Å²) in [6, 6.07) is 6.18. The molecule has 1 N–H and O–H groups in total. The molecule has 3 heterocycles. The van der Waals surface area contributed by atoms with Crippen molar-refractivity contribution >= 4 is 29.1 Å². The number of alkyl halides is 3. The first-order chi connectivity index (χ1) is 12.3. The van der Waals surface area contributed by atoms with Crippen LogP contribution in [0.1, 0.15) is 5.56 Å². The Hall–Kier alpha value is -2.40. The van der Waals surface area contributed by atoms with Crippen LogP contribution in [0.3, 0.4) is 0 Å². The number of hydrogen-bond acceptors (Lipinski definition) is 5. The summed E-state index contributed by atoms with van der Waals surface area (Å²) in [7, 11) is 0. The van der Waals surface area contributed by atoms with Crippen molar-refractivity contribution in [2.75, 3.05) is 0 Å². The van der Waals surface area contributed by atoms with Crippen molar-refractivity contribution < 1.29 is 22.4 Å². The van der Waals surface area contributed by atoms with Crippen molar-refractivity contribution in [1.29, 1.82) is 0 Å². The predicted molar refractivity (Wildman–Crippen MR) is 87.3 cm³/mol. The highest BCUT2D eigenvalue weighted by molar-refractivity contribution is 8.00. The lowest BCUT2D eigenvalue weighted by Crippen LogP contribution is -2.57. The largest absolute Gasteiger partial charge is 0.425 e. The summed E-state index contributed by atoms with van der Waals surface area (Å²) < 4.78 is 55.8. The molecule has 1 aromatic carbocycles. The molecule has 2 aromatic heterocycles. The minimum Gasteiger partial charge on any atom is -0.309 e. The normalized spacial score (nSPS) is 19.9. The number of rotatable bonds is 2. The molecule has 0 saturated carbocycles. The third-order valence-electron chi connectivity index (χ3n) is 3.69. The van der Waals surface area contributed by atoms with Gasteiger partial charge in [-0.3, -0.25) is 0 Å². The molecular formula is C15H8F4N4OS2. The number of carbonyl (C=O) groups excluding carboxylic acids is 1. The fourth-order valence-electron chi connectivity index (χ4n) is 2.48. The lowest BCUT2D eigenvalue weighted by atomic mass is 10.1. The van der Waals surface area contributed by atoms with E-state index >= 15 is 0 Å². The van der Waals surface area contributed by atoms with Gasteiger partial charge in [0.15, 0.2) is 11.0 Å². The predicted octanol–water partition coefficient (Wildman–Crippen LogP) is 4.22. The molecule has 0 aliphatic carbocycles. The summed E-state index contributed by atoms with van der Waals surface area (Å²) in [4.78, 5) is 14.3. The van der Waals surface area contributed by atoms with Gasteiger partial charge < -0.3 is 5.32 Å². The van der Waals surface area contributed by atoms with Gasteiger partial charge in [-0.2, -0.15) is 22.8 Å². The zero-order valence-corrected chi connectivity index (χ0v) is 14.3. The summed E-state index contributed by atoms with van der Waals surface area (Å²) >= 11 is 1.61. The Morgan fingerprint density at radius 2 is 1.88 bits per heavy atom. The number of amides is 1. The molecule has 5 nitrogen and oxygen atoms in total. The average molecular weight is 400 g/mol. The summed E-state index contributed by atoms with van der Waals surface area (Å²) in [6.45, 7) is 0. The highest BCUT2D eigenvalue weighted by atomic mass is 32.2. The zero-order valence-electron chi connectivity index (χ0n) is 12.6. The van der Waals surface area contributed by atoms with Crippen LogP contribution in [0.5, 0.6) is 0 Å². The van der Waals surface area contributed by atoms with Gasteiger partial charge in [-0.25, -0.2) is 9.18 Å². The Kier molecular flexibility index (Phi) is 3.81. The molecule has 0 spiro atoms. The minimum atomic E-state index is -4.86. The van der Waals surface area contributed by atoms with Crippen LogP contribution < -0.4 is 5.32 Å². The number of halogens is 4. The van der Waals surface area contributed by atoms with E-state index in [9.17, 15) is 22.4 Å². The molecule has 0 saturated heterocycles. The third kappa shape index (κ3) is 2.58. The van der Waals surface area contributed by atoms with Gasteiger partial charge >= 0.3 is 12.2 Å². The number of nitrogens with zero attached hydrogens (tertiary/aromatic N) is 3. The number of thiophene rings is 1. The molecule has 0 unspecified atom stereocenters. The molecule has 26 heavy (non-hydrogen) atoms. The smallest absolute Gasteiger partial charge is 0.309 e. The van der Waals surface area contributed by atoms with Gasteiger partial charge in [-0.15, -0.1) is 16.4 Å². The van der Waals surface area contributed by atoms with Crippen LogP contribution in [0.15, 0.2) is 46.9 Å². The van der Waals surface area contributed by atoms with Crippen molar-refractivity contribution in [3.8, 4) is 10.7 Å². The molecule has 4 rings (SSSR count). The molecule has 0 radical (unpaired) electrons. The first-order valence-corrected chi connectivity index (χ1v) is 8.85. The maximum atomic E-state index is 13.9. The highest BCUT2D eigenvalue weighted by Gasteiger charge is 2.61. The quantitative estimate of drug-likeness (QED) is 0.655. The van der Waals surface area contributed by atoms with E-state index in [0.717, 1.165) is 28.9 Å². The SMILES string of the molecule is O=C1N[C@](c2ccc(F)cc2)(C(F)(F)F)Sc2nc(-c3cccs3)nn21.